The van der Waals surface area contributed by atoms with Crippen LogP contribution < -0.4 is 0 Å². The van der Waals surface area contributed by atoms with Gasteiger partial charge in [-0.1, -0.05) is 34.8 Å². The molecule has 13 heteroatoms. The third-order valence-corrected chi connectivity index (χ3v) is 3.80. The van der Waals surface area contributed by atoms with Crippen LogP contribution in [0, 0.1) is 0 Å². The first kappa shape index (κ1) is 19.2. The molecule has 1 aliphatic rings. The van der Waals surface area contributed by atoms with Crippen molar-refractivity contribution < 1.29 is 44.3 Å². The van der Waals surface area contributed by atoms with Crippen molar-refractivity contribution in [3.63, 3.8) is 0 Å². The normalized spacial score (nSPS) is 30.3. The summed E-state index contributed by atoms with van der Waals surface area (Å²) in [6, 6.07) is 0. The van der Waals surface area contributed by atoms with Crippen LogP contribution in [0.25, 0.3) is 0 Å². The highest BCUT2D eigenvalue weighted by Crippen LogP contribution is 2.64. The van der Waals surface area contributed by atoms with E-state index in [1.54, 1.807) is 0 Å². The lowest BCUT2D eigenvalue weighted by Crippen LogP contribution is -2.71. The van der Waals surface area contributed by atoms with Gasteiger partial charge < -0.3 is 4.74 Å². The van der Waals surface area contributed by atoms with Gasteiger partial charge in [0, 0.05) is 6.42 Å². The zero-order chi connectivity index (χ0) is 17.1. The molecule has 1 saturated heterocycles. The molecular weight excluding hydrogens is 389 g/mol. The second-order valence-corrected chi connectivity index (χ2v) is 6.22. The zero-order valence-corrected chi connectivity index (χ0v) is 11.6. The molecule has 0 aliphatic carbocycles. The van der Waals surface area contributed by atoms with Crippen molar-refractivity contribution in [1.82, 2.24) is 0 Å². The van der Waals surface area contributed by atoms with Crippen molar-refractivity contribution in [2.24, 2.45) is 0 Å². The molecule has 0 N–H and O–H groups in total. The number of halogens is 12. The molecule has 0 bridgehead atoms. The SMILES string of the molecule is FC(F)(F)C(F)(F)C(F)(C(F)(F)F)C1(Cl)CCC(Cl)(Cl)O1. The molecule has 0 aromatic rings. The Balaban J connectivity index is 3.52. The van der Waals surface area contributed by atoms with Crippen LogP contribution in [-0.2, 0) is 4.74 Å². The highest BCUT2D eigenvalue weighted by molar-refractivity contribution is 6.47. The number of alkyl halides is 12. The van der Waals surface area contributed by atoms with Crippen molar-refractivity contribution in [1.29, 1.82) is 0 Å². The summed E-state index contributed by atoms with van der Waals surface area (Å²) >= 11 is 15.3. The Labute approximate surface area is 126 Å². The summed E-state index contributed by atoms with van der Waals surface area (Å²) in [6.45, 7) is 0. The molecule has 2 unspecified atom stereocenters. The molecule has 0 spiro atoms. The van der Waals surface area contributed by atoms with Crippen LogP contribution in [0.5, 0.6) is 0 Å². The minimum absolute atomic E-state index is 0.894. The van der Waals surface area contributed by atoms with Gasteiger partial charge in [-0.15, -0.1) is 0 Å². The fraction of sp³-hybridized carbons (Fsp3) is 1.00. The Hall–Kier alpha value is 0.200. The van der Waals surface area contributed by atoms with Crippen LogP contribution >= 0.6 is 34.8 Å². The van der Waals surface area contributed by atoms with Gasteiger partial charge in [-0.25, -0.2) is 4.39 Å². The highest BCUT2D eigenvalue weighted by atomic mass is 35.5. The highest BCUT2D eigenvalue weighted by Gasteiger charge is 2.89. The molecule has 126 valence electrons. The van der Waals surface area contributed by atoms with E-state index in [-0.39, 0.29) is 0 Å². The van der Waals surface area contributed by atoms with Crippen LogP contribution in [0.15, 0.2) is 0 Å². The third kappa shape index (κ3) is 2.76. The van der Waals surface area contributed by atoms with E-state index in [2.05, 4.69) is 4.74 Å². The topological polar surface area (TPSA) is 9.23 Å². The molecular formula is C8H4Cl3F9O. The summed E-state index contributed by atoms with van der Waals surface area (Å²) in [5.41, 5.74) is -6.29. The first-order valence-corrected chi connectivity index (χ1v) is 6.02. The fourth-order valence-electron chi connectivity index (χ4n) is 1.71. The van der Waals surface area contributed by atoms with Crippen molar-refractivity contribution >= 4 is 34.8 Å². The lowest BCUT2D eigenvalue weighted by atomic mass is 9.87. The Morgan fingerprint density at radius 1 is 0.714 bits per heavy atom. The summed E-state index contributed by atoms with van der Waals surface area (Å²) in [5, 5.41) is -4.15. The van der Waals surface area contributed by atoms with Crippen molar-refractivity contribution in [2.75, 3.05) is 0 Å². The maximum Gasteiger partial charge on any atom is 0.457 e. The molecule has 0 amide bonds. The lowest BCUT2D eigenvalue weighted by Gasteiger charge is -2.43. The summed E-state index contributed by atoms with van der Waals surface area (Å²) in [4.78, 5) is 0. The van der Waals surface area contributed by atoms with Crippen LogP contribution in [-0.4, -0.2) is 33.5 Å². The van der Waals surface area contributed by atoms with E-state index in [9.17, 15) is 39.5 Å². The molecule has 21 heavy (non-hydrogen) atoms. The molecule has 0 radical (unpaired) electrons. The predicted octanol–water partition coefficient (Wildman–Crippen LogP) is 5.33. The minimum atomic E-state index is -6.89. The Kier molecular flexibility index (Phi) is 4.44. The molecule has 0 aromatic carbocycles. The smallest absolute Gasteiger partial charge is 0.320 e. The number of hydrogen-bond donors (Lipinski definition) is 0. The van der Waals surface area contributed by atoms with Gasteiger partial charge in [-0.05, 0) is 6.42 Å². The van der Waals surface area contributed by atoms with Gasteiger partial charge in [0.2, 0.25) is 4.52 Å². The first-order chi connectivity index (χ1) is 8.91. The Morgan fingerprint density at radius 3 is 1.38 bits per heavy atom. The monoisotopic (exact) mass is 392 g/mol. The molecule has 1 fully saturated rings. The first-order valence-electron chi connectivity index (χ1n) is 4.88. The van der Waals surface area contributed by atoms with E-state index in [1.165, 1.54) is 0 Å². The molecule has 1 nitrogen and oxygen atoms in total. The summed E-state index contributed by atoms with van der Waals surface area (Å²) < 4.78 is 116. The van der Waals surface area contributed by atoms with Gasteiger partial charge in [0.15, 0.2) is 5.06 Å². The maximum atomic E-state index is 14.0. The fourth-order valence-corrected chi connectivity index (χ4v) is 2.69. The second kappa shape index (κ2) is 4.85. The standard InChI is InChI=1S/C8H4Cl3F9O/c9-3(1-2-4(10,11)21-3)5(12,7(15,16)17)6(13,14)8(18,19)20/h1-2H2. The largest absolute Gasteiger partial charge is 0.457 e. The van der Waals surface area contributed by atoms with Gasteiger partial charge in [-0.3, -0.25) is 0 Å². The van der Waals surface area contributed by atoms with Gasteiger partial charge >= 0.3 is 23.9 Å². The van der Waals surface area contributed by atoms with Gasteiger partial charge in [0.25, 0.3) is 0 Å². The summed E-state index contributed by atoms with van der Waals surface area (Å²) in [5.74, 6) is -6.89. The number of rotatable bonds is 2. The molecule has 0 saturated carbocycles. The van der Waals surface area contributed by atoms with Crippen LogP contribution in [0.3, 0.4) is 0 Å². The van der Waals surface area contributed by atoms with E-state index in [0.29, 0.717) is 0 Å². The lowest BCUT2D eigenvalue weighted by molar-refractivity contribution is -0.406. The predicted molar refractivity (Wildman–Crippen MR) is 54.2 cm³/mol. The van der Waals surface area contributed by atoms with Crippen LogP contribution in [0.4, 0.5) is 39.5 Å². The second-order valence-electron chi connectivity index (χ2n) is 4.20. The third-order valence-electron chi connectivity index (χ3n) is 2.74. The van der Waals surface area contributed by atoms with Crippen molar-refractivity contribution in [3.8, 4) is 0 Å². The Bertz CT molecular complexity index is 420. The van der Waals surface area contributed by atoms with E-state index >= 15 is 0 Å². The minimum Gasteiger partial charge on any atom is -0.320 e. The van der Waals surface area contributed by atoms with Crippen molar-refractivity contribution in [2.45, 2.75) is 46.4 Å². The van der Waals surface area contributed by atoms with Gasteiger partial charge in [-0.2, -0.15) is 35.1 Å². The van der Waals surface area contributed by atoms with E-state index in [1.807, 2.05) is 0 Å². The molecule has 2 atom stereocenters. The van der Waals surface area contributed by atoms with E-state index < -0.39 is 46.4 Å². The molecule has 1 heterocycles. The average Bonchev–Trinajstić information content (AvgIpc) is 2.49. The molecule has 0 aromatic heterocycles. The summed E-state index contributed by atoms with van der Waals surface area (Å²) in [6.07, 6.45) is -15.9. The van der Waals surface area contributed by atoms with E-state index in [4.69, 9.17) is 34.8 Å². The van der Waals surface area contributed by atoms with Crippen LogP contribution in [0.2, 0.25) is 0 Å². The molecule has 1 aliphatic heterocycles. The average molecular weight is 393 g/mol. The van der Waals surface area contributed by atoms with Gasteiger partial charge in [0.1, 0.15) is 0 Å². The van der Waals surface area contributed by atoms with Gasteiger partial charge in [0.05, 0.1) is 0 Å². The van der Waals surface area contributed by atoms with E-state index in [0.717, 1.165) is 0 Å². The quantitative estimate of drug-likeness (QED) is 0.455. The number of hydrogen-bond acceptors (Lipinski definition) is 1. The summed E-state index contributed by atoms with van der Waals surface area (Å²) in [7, 11) is 0. The maximum absolute atomic E-state index is 14.0. The Morgan fingerprint density at radius 2 is 1.14 bits per heavy atom. The van der Waals surface area contributed by atoms with Crippen molar-refractivity contribution in [3.05, 3.63) is 0 Å². The van der Waals surface area contributed by atoms with Crippen LogP contribution in [0.1, 0.15) is 12.8 Å². The zero-order valence-electron chi connectivity index (χ0n) is 9.36. The number of ether oxygens (including phenoxy) is 1. The molecule has 1 rings (SSSR count).